The predicted molar refractivity (Wildman–Crippen MR) is 64.9 cm³/mol. The van der Waals surface area contributed by atoms with Crippen LogP contribution in [0.5, 0.6) is 0 Å². The molecule has 1 aliphatic heterocycles. The van der Waals surface area contributed by atoms with Crippen LogP contribution in [0.1, 0.15) is 35.8 Å². The van der Waals surface area contributed by atoms with Crippen LogP contribution in [0, 0.1) is 0 Å². The summed E-state index contributed by atoms with van der Waals surface area (Å²) in [7, 11) is 0. The number of nitrogens with one attached hydrogen (secondary N) is 1. The molecule has 0 bridgehead atoms. The summed E-state index contributed by atoms with van der Waals surface area (Å²) in [4.78, 5) is 16.1. The van der Waals surface area contributed by atoms with Gasteiger partial charge in [-0.05, 0) is 30.9 Å². The third kappa shape index (κ3) is 3.03. The van der Waals surface area contributed by atoms with Crippen LogP contribution in [0.2, 0.25) is 0 Å². The molecule has 1 fully saturated rings. The molecule has 0 radical (unpaired) electrons. The summed E-state index contributed by atoms with van der Waals surface area (Å²) in [6.07, 6.45) is 4.76. The zero-order valence-corrected chi connectivity index (χ0v) is 10.1. The molecule has 1 aromatic heterocycles. The molecular formula is C13H18N2O2. The van der Waals surface area contributed by atoms with E-state index in [0.717, 1.165) is 31.4 Å². The van der Waals surface area contributed by atoms with Gasteiger partial charge in [-0.25, -0.2) is 0 Å². The van der Waals surface area contributed by atoms with Gasteiger partial charge >= 0.3 is 0 Å². The molecule has 17 heavy (non-hydrogen) atoms. The minimum Gasteiger partial charge on any atom is -0.376 e. The summed E-state index contributed by atoms with van der Waals surface area (Å²) >= 11 is 0. The number of pyridine rings is 1. The second-order valence-electron chi connectivity index (χ2n) is 4.21. The van der Waals surface area contributed by atoms with E-state index in [4.69, 9.17) is 4.74 Å². The molecule has 1 atom stereocenters. The molecule has 4 nitrogen and oxygen atoms in total. The van der Waals surface area contributed by atoms with Gasteiger partial charge < -0.3 is 10.1 Å². The van der Waals surface area contributed by atoms with Crippen molar-refractivity contribution in [1.29, 1.82) is 0 Å². The molecule has 1 saturated heterocycles. The molecule has 1 aliphatic rings. The minimum atomic E-state index is -0.0991. The van der Waals surface area contributed by atoms with E-state index in [1.54, 1.807) is 6.20 Å². The predicted octanol–water partition coefficient (Wildman–Crippen LogP) is 1.55. The second kappa shape index (κ2) is 5.77. The first-order chi connectivity index (χ1) is 8.31. The Kier molecular flexibility index (Phi) is 4.09. The Morgan fingerprint density at radius 3 is 3.24 bits per heavy atom. The Hall–Kier alpha value is -1.42. The maximum atomic E-state index is 12.0. The minimum absolute atomic E-state index is 0.0991. The molecule has 1 aromatic rings. The first kappa shape index (κ1) is 12.0. The van der Waals surface area contributed by atoms with Gasteiger partial charge in [-0.3, -0.25) is 9.78 Å². The number of rotatable bonds is 4. The monoisotopic (exact) mass is 234 g/mol. The molecule has 1 amide bonds. The van der Waals surface area contributed by atoms with Gasteiger partial charge in [0.25, 0.3) is 5.91 Å². The molecule has 0 saturated carbocycles. The van der Waals surface area contributed by atoms with E-state index in [1.165, 1.54) is 0 Å². The van der Waals surface area contributed by atoms with Gasteiger partial charge in [-0.1, -0.05) is 13.0 Å². The van der Waals surface area contributed by atoms with Crippen LogP contribution in [0.3, 0.4) is 0 Å². The molecule has 0 aliphatic carbocycles. The van der Waals surface area contributed by atoms with Gasteiger partial charge in [0.05, 0.1) is 6.10 Å². The van der Waals surface area contributed by atoms with Crippen molar-refractivity contribution in [1.82, 2.24) is 10.3 Å². The molecule has 2 rings (SSSR count). The third-order valence-corrected chi connectivity index (χ3v) is 3.00. The highest BCUT2D eigenvalue weighted by Gasteiger charge is 2.18. The molecule has 0 unspecified atom stereocenters. The van der Waals surface area contributed by atoms with E-state index < -0.39 is 0 Å². The Morgan fingerprint density at radius 2 is 2.53 bits per heavy atom. The van der Waals surface area contributed by atoms with Gasteiger partial charge in [-0.15, -0.1) is 0 Å². The highest BCUT2D eigenvalue weighted by atomic mass is 16.5. The van der Waals surface area contributed by atoms with Gasteiger partial charge in [0.15, 0.2) is 0 Å². The Bertz CT molecular complexity index is 387. The van der Waals surface area contributed by atoms with Crippen molar-refractivity contribution in [2.24, 2.45) is 0 Å². The van der Waals surface area contributed by atoms with Crippen LogP contribution in [-0.2, 0) is 11.2 Å². The number of hydrogen-bond acceptors (Lipinski definition) is 3. The number of carbonyl (C=O) groups is 1. The normalized spacial score (nSPS) is 19.2. The largest absolute Gasteiger partial charge is 0.376 e. The van der Waals surface area contributed by atoms with Crippen molar-refractivity contribution in [2.75, 3.05) is 13.2 Å². The number of amides is 1. The van der Waals surface area contributed by atoms with Crippen molar-refractivity contribution in [3.05, 3.63) is 29.6 Å². The lowest BCUT2D eigenvalue weighted by molar-refractivity contribution is 0.0853. The summed E-state index contributed by atoms with van der Waals surface area (Å²) in [6.45, 7) is 3.41. The number of nitrogens with zero attached hydrogens (tertiary/aromatic N) is 1. The number of aromatic nitrogens is 1. The van der Waals surface area contributed by atoms with Crippen LogP contribution in [0.4, 0.5) is 0 Å². The summed E-state index contributed by atoms with van der Waals surface area (Å²) < 4.78 is 5.46. The van der Waals surface area contributed by atoms with Crippen LogP contribution in [-0.4, -0.2) is 30.1 Å². The number of carbonyl (C=O) groups excluding carboxylic acids is 1. The zero-order chi connectivity index (χ0) is 12.1. The van der Waals surface area contributed by atoms with Crippen molar-refractivity contribution in [3.63, 3.8) is 0 Å². The van der Waals surface area contributed by atoms with Crippen LogP contribution >= 0.6 is 0 Å². The van der Waals surface area contributed by atoms with E-state index in [1.807, 2.05) is 19.1 Å². The van der Waals surface area contributed by atoms with E-state index >= 15 is 0 Å². The highest BCUT2D eigenvalue weighted by molar-refractivity contribution is 5.93. The molecule has 2 heterocycles. The third-order valence-electron chi connectivity index (χ3n) is 3.00. The zero-order valence-electron chi connectivity index (χ0n) is 10.1. The average molecular weight is 234 g/mol. The topological polar surface area (TPSA) is 51.2 Å². The average Bonchev–Trinajstić information content (AvgIpc) is 2.89. The molecule has 4 heteroatoms. The van der Waals surface area contributed by atoms with Gasteiger partial charge in [0, 0.05) is 19.3 Å². The van der Waals surface area contributed by atoms with Crippen LogP contribution in [0.15, 0.2) is 18.3 Å². The summed E-state index contributed by atoms with van der Waals surface area (Å²) in [5, 5.41) is 2.89. The molecule has 92 valence electrons. The van der Waals surface area contributed by atoms with Crippen molar-refractivity contribution in [3.8, 4) is 0 Å². The van der Waals surface area contributed by atoms with E-state index in [2.05, 4.69) is 10.3 Å². The maximum absolute atomic E-state index is 12.0. The fraction of sp³-hybridized carbons (Fsp3) is 0.538. The summed E-state index contributed by atoms with van der Waals surface area (Å²) in [5.41, 5.74) is 1.52. The summed E-state index contributed by atoms with van der Waals surface area (Å²) in [6, 6.07) is 3.80. The van der Waals surface area contributed by atoms with E-state index in [0.29, 0.717) is 12.2 Å². The van der Waals surface area contributed by atoms with Crippen molar-refractivity contribution >= 4 is 5.91 Å². The van der Waals surface area contributed by atoms with Gasteiger partial charge in [0.2, 0.25) is 0 Å². The Balaban J connectivity index is 1.94. The summed E-state index contributed by atoms with van der Waals surface area (Å²) in [5.74, 6) is -0.0991. The smallest absolute Gasteiger partial charge is 0.270 e. The number of hydrogen-bond donors (Lipinski definition) is 1. The molecule has 1 N–H and O–H groups in total. The van der Waals surface area contributed by atoms with Crippen LogP contribution < -0.4 is 5.32 Å². The van der Waals surface area contributed by atoms with Gasteiger partial charge in [0.1, 0.15) is 5.69 Å². The molecular weight excluding hydrogens is 216 g/mol. The van der Waals surface area contributed by atoms with Crippen molar-refractivity contribution in [2.45, 2.75) is 32.3 Å². The Labute approximate surface area is 101 Å². The quantitative estimate of drug-likeness (QED) is 0.860. The molecule has 0 aromatic carbocycles. The lowest BCUT2D eigenvalue weighted by atomic mass is 10.1. The highest BCUT2D eigenvalue weighted by Crippen LogP contribution is 2.11. The van der Waals surface area contributed by atoms with E-state index in [9.17, 15) is 4.79 Å². The molecule has 0 spiro atoms. The lowest BCUT2D eigenvalue weighted by Gasteiger charge is -2.11. The Morgan fingerprint density at radius 1 is 1.65 bits per heavy atom. The van der Waals surface area contributed by atoms with Gasteiger partial charge in [-0.2, -0.15) is 0 Å². The second-order valence-corrected chi connectivity index (χ2v) is 4.21. The van der Waals surface area contributed by atoms with E-state index in [-0.39, 0.29) is 12.0 Å². The first-order valence-corrected chi connectivity index (χ1v) is 6.15. The van der Waals surface area contributed by atoms with Crippen LogP contribution in [0.25, 0.3) is 0 Å². The van der Waals surface area contributed by atoms with Crippen molar-refractivity contribution < 1.29 is 9.53 Å². The standard InChI is InChI=1S/C13H18N2O2/c1-2-10-5-3-7-14-12(10)13(16)15-9-11-6-4-8-17-11/h3,5,7,11H,2,4,6,8-9H2,1H3,(H,15,16)/t11-/m1/s1. The number of ether oxygens (including phenoxy) is 1. The fourth-order valence-corrected chi connectivity index (χ4v) is 2.02. The fourth-order valence-electron chi connectivity index (χ4n) is 2.02. The maximum Gasteiger partial charge on any atom is 0.270 e. The SMILES string of the molecule is CCc1cccnc1C(=O)NC[C@H]1CCCO1. The first-order valence-electron chi connectivity index (χ1n) is 6.15. The number of aryl methyl sites for hydroxylation is 1. The lowest BCUT2D eigenvalue weighted by Crippen LogP contribution is -2.32.